The molecule has 1 N–H and O–H groups in total. The lowest BCUT2D eigenvalue weighted by molar-refractivity contribution is -0.122. The van der Waals surface area contributed by atoms with Gasteiger partial charge in [-0.05, 0) is 43.3 Å². The zero-order valence-electron chi connectivity index (χ0n) is 14.8. The largest absolute Gasteiger partial charge is 0.378 e. The van der Waals surface area contributed by atoms with E-state index in [1.54, 1.807) is 4.90 Å². The molecule has 1 atom stereocenters. The van der Waals surface area contributed by atoms with Crippen LogP contribution in [-0.2, 0) is 9.59 Å². The summed E-state index contributed by atoms with van der Waals surface area (Å²) in [6, 6.07) is 15.5. The molecule has 0 aromatic heterocycles. The van der Waals surface area contributed by atoms with Crippen molar-refractivity contribution in [3.8, 4) is 0 Å². The Balaban J connectivity index is 1.65. The maximum atomic E-state index is 12.5. The van der Waals surface area contributed by atoms with Crippen LogP contribution >= 0.6 is 0 Å². The highest BCUT2D eigenvalue weighted by Gasteiger charge is 2.35. The number of carbonyl (C=O) groups excluding carboxylic acids is 2. The molecule has 0 bridgehead atoms. The molecular weight excluding hydrogens is 314 g/mol. The number of nitrogens with zero attached hydrogens (tertiary/aromatic N) is 2. The molecule has 1 aliphatic heterocycles. The molecule has 1 fully saturated rings. The van der Waals surface area contributed by atoms with E-state index in [9.17, 15) is 9.59 Å². The van der Waals surface area contributed by atoms with Gasteiger partial charge in [0.05, 0.1) is 5.92 Å². The molecule has 1 saturated heterocycles. The molecule has 2 amide bonds. The zero-order chi connectivity index (χ0) is 18.0. The predicted octanol–water partition coefficient (Wildman–Crippen LogP) is 3.05. The van der Waals surface area contributed by atoms with E-state index in [2.05, 4.69) is 5.32 Å². The van der Waals surface area contributed by atoms with Gasteiger partial charge in [0, 0.05) is 44.1 Å². The van der Waals surface area contributed by atoms with Crippen molar-refractivity contribution in [2.45, 2.75) is 13.3 Å². The Labute approximate surface area is 148 Å². The first-order valence-electron chi connectivity index (χ1n) is 8.39. The lowest BCUT2D eigenvalue weighted by Gasteiger charge is -2.17. The van der Waals surface area contributed by atoms with E-state index in [1.165, 1.54) is 0 Å². The van der Waals surface area contributed by atoms with Crippen molar-refractivity contribution in [3.05, 3.63) is 54.1 Å². The average molecular weight is 337 g/mol. The van der Waals surface area contributed by atoms with Crippen LogP contribution in [0.3, 0.4) is 0 Å². The quantitative estimate of drug-likeness (QED) is 0.933. The van der Waals surface area contributed by atoms with Gasteiger partial charge in [0.25, 0.3) is 0 Å². The smallest absolute Gasteiger partial charge is 0.229 e. The van der Waals surface area contributed by atoms with E-state index in [1.807, 2.05) is 74.4 Å². The summed E-state index contributed by atoms with van der Waals surface area (Å²) < 4.78 is 0. The van der Waals surface area contributed by atoms with Crippen LogP contribution in [0.1, 0.15) is 12.0 Å². The number of aryl methyl sites for hydroxylation is 1. The van der Waals surface area contributed by atoms with Gasteiger partial charge in [0.1, 0.15) is 0 Å². The van der Waals surface area contributed by atoms with E-state index < -0.39 is 0 Å². The fourth-order valence-electron chi connectivity index (χ4n) is 2.94. The molecule has 0 radical (unpaired) electrons. The topological polar surface area (TPSA) is 52.7 Å². The maximum absolute atomic E-state index is 12.5. The molecular formula is C20H23N3O2. The number of amides is 2. The average Bonchev–Trinajstić information content (AvgIpc) is 2.98. The standard InChI is InChI=1S/C20H23N3O2/c1-14-4-8-18(9-5-14)23-13-15(12-19(23)24)20(25)21-16-6-10-17(11-7-16)22(2)3/h4-11,15H,12-13H2,1-3H3,(H,21,25). The van der Waals surface area contributed by atoms with Crippen molar-refractivity contribution < 1.29 is 9.59 Å². The molecule has 1 unspecified atom stereocenters. The number of benzene rings is 2. The van der Waals surface area contributed by atoms with Gasteiger partial charge in [-0.3, -0.25) is 9.59 Å². The van der Waals surface area contributed by atoms with Crippen molar-refractivity contribution in [1.82, 2.24) is 0 Å². The van der Waals surface area contributed by atoms with Crippen LogP contribution in [0.25, 0.3) is 0 Å². The Morgan fingerprint density at radius 2 is 1.72 bits per heavy atom. The molecule has 1 aliphatic rings. The highest BCUT2D eigenvalue weighted by molar-refractivity contribution is 6.03. The summed E-state index contributed by atoms with van der Waals surface area (Å²) in [5.74, 6) is -0.449. The Morgan fingerprint density at radius 3 is 2.32 bits per heavy atom. The van der Waals surface area contributed by atoms with E-state index in [0.717, 1.165) is 22.6 Å². The third-order valence-corrected chi connectivity index (χ3v) is 4.49. The summed E-state index contributed by atoms with van der Waals surface area (Å²) in [7, 11) is 3.94. The van der Waals surface area contributed by atoms with Gasteiger partial charge in [-0.25, -0.2) is 0 Å². The minimum Gasteiger partial charge on any atom is -0.378 e. The van der Waals surface area contributed by atoms with Crippen molar-refractivity contribution in [2.24, 2.45) is 5.92 Å². The monoisotopic (exact) mass is 337 g/mol. The summed E-state index contributed by atoms with van der Waals surface area (Å²) in [5, 5.41) is 2.92. The van der Waals surface area contributed by atoms with Crippen molar-refractivity contribution in [3.63, 3.8) is 0 Å². The van der Waals surface area contributed by atoms with Crippen molar-refractivity contribution in [2.75, 3.05) is 35.8 Å². The van der Waals surface area contributed by atoms with Gasteiger partial charge in [-0.2, -0.15) is 0 Å². The van der Waals surface area contributed by atoms with Crippen LogP contribution in [0.15, 0.2) is 48.5 Å². The minimum absolute atomic E-state index is 0.00745. The molecule has 130 valence electrons. The van der Waals surface area contributed by atoms with Crippen molar-refractivity contribution in [1.29, 1.82) is 0 Å². The van der Waals surface area contributed by atoms with E-state index in [0.29, 0.717) is 6.54 Å². The number of anilines is 3. The lowest BCUT2D eigenvalue weighted by Crippen LogP contribution is -2.28. The van der Waals surface area contributed by atoms with Gasteiger partial charge < -0.3 is 15.1 Å². The van der Waals surface area contributed by atoms with E-state index in [-0.39, 0.29) is 24.2 Å². The lowest BCUT2D eigenvalue weighted by atomic mass is 10.1. The molecule has 0 saturated carbocycles. The zero-order valence-corrected chi connectivity index (χ0v) is 14.8. The summed E-state index contributed by atoms with van der Waals surface area (Å²) >= 11 is 0. The Kier molecular flexibility index (Phi) is 4.74. The summed E-state index contributed by atoms with van der Waals surface area (Å²) in [5.41, 5.74) is 3.81. The third-order valence-electron chi connectivity index (χ3n) is 4.49. The summed E-state index contributed by atoms with van der Waals surface area (Å²) in [4.78, 5) is 28.5. The third kappa shape index (κ3) is 3.82. The van der Waals surface area contributed by atoms with Gasteiger partial charge in [0.2, 0.25) is 11.8 Å². The van der Waals surface area contributed by atoms with Crippen LogP contribution in [0.5, 0.6) is 0 Å². The number of hydrogen-bond acceptors (Lipinski definition) is 3. The predicted molar refractivity (Wildman–Crippen MR) is 101 cm³/mol. The number of hydrogen-bond donors (Lipinski definition) is 1. The van der Waals surface area contributed by atoms with Gasteiger partial charge in [-0.1, -0.05) is 17.7 Å². The normalized spacial score (nSPS) is 16.8. The van der Waals surface area contributed by atoms with Gasteiger partial charge >= 0.3 is 0 Å². The Morgan fingerprint density at radius 1 is 1.08 bits per heavy atom. The first-order valence-corrected chi connectivity index (χ1v) is 8.39. The second-order valence-corrected chi connectivity index (χ2v) is 6.67. The number of carbonyl (C=O) groups is 2. The fraction of sp³-hybridized carbons (Fsp3) is 0.300. The number of nitrogens with one attached hydrogen (secondary N) is 1. The molecule has 25 heavy (non-hydrogen) atoms. The minimum atomic E-state index is -0.331. The van der Waals surface area contributed by atoms with Crippen LogP contribution < -0.4 is 15.1 Å². The fourth-order valence-corrected chi connectivity index (χ4v) is 2.94. The van der Waals surface area contributed by atoms with Crippen LogP contribution in [0.4, 0.5) is 17.1 Å². The Hall–Kier alpha value is -2.82. The van der Waals surface area contributed by atoms with Crippen molar-refractivity contribution >= 4 is 28.9 Å². The first kappa shape index (κ1) is 17.0. The van der Waals surface area contributed by atoms with E-state index >= 15 is 0 Å². The highest BCUT2D eigenvalue weighted by Crippen LogP contribution is 2.26. The number of rotatable bonds is 4. The van der Waals surface area contributed by atoms with Crippen LogP contribution in [0, 0.1) is 12.8 Å². The molecule has 0 aliphatic carbocycles. The van der Waals surface area contributed by atoms with Crippen LogP contribution in [0.2, 0.25) is 0 Å². The molecule has 2 aromatic carbocycles. The second-order valence-electron chi connectivity index (χ2n) is 6.67. The first-order chi connectivity index (χ1) is 11.9. The molecule has 0 spiro atoms. The molecule has 3 rings (SSSR count). The van der Waals surface area contributed by atoms with Gasteiger partial charge in [0.15, 0.2) is 0 Å². The van der Waals surface area contributed by atoms with Gasteiger partial charge in [-0.15, -0.1) is 0 Å². The SMILES string of the molecule is Cc1ccc(N2CC(C(=O)Nc3ccc(N(C)C)cc3)CC2=O)cc1. The van der Waals surface area contributed by atoms with Crippen LogP contribution in [-0.4, -0.2) is 32.5 Å². The maximum Gasteiger partial charge on any atom is 0.229 e. The molecule has 5 heteroatoms. The summed E-state index contributed by atoms with van der Waals surface area (Å²) in [6.07, 6.45) is 0.246. The summed E-state index contributed by atoms with van der Waals surface area (Å²) in [6.45, 7) is 2.43. The van der Waals surface area contributed by atoms with E-state index in [4.69, 9.17) is 0 Å². The highest BCUT2D eigenvalue weighted by atomic mass is 16.2. The second kappa shape index (κ2) is 6.97. The molecule has 1 heterocycles. The Bertz CT molecular complexity index is 767. The molecule has 2 aromatic rings. The molecule has 5 nitrogen and oxygen atoms in total.